The smallest absolute Gasteiger partial charge is 0.191 e. The summed E-state index contributed by atoms with van der Waals surface area (Å²) in [6.07, 6.45) is 3.78. The number of hydrogen-bond donors (Lipinski definition) is 2. The fraction of sp³-hybridized carbons (Fsp3) is 0.632. The first kappa shape index (κ1) is 19.1. The van der Waals surface area contributed by atoms with E-state index < -0.39 is 0 Å². The number of guanidine groups is 1. The predicted molar refractivity (Wildman–Crippen MR) is 107 cm³/mol. The molecule has 134 valence electrons. The van der Waals surface area contributed by atoms with E-state index in [1.54, 1.807) is 0 Å². The maximum absolute atomic E-state index is 4.33. The van der Waals surface area contributed by atoms with Gasteiger partial charge in [0.2, 0.25) is 0 Å². The number of nitrogens with one attached hydrogen (secondary N) is 2. The fourth-order valence-corrected chi connectivity index (χ4v) is 4.08. The summed E-state index contributed by atoms with van der Waals surface area (Å²) in [5.41, 5.74) is 1.37. The zero-order chi connectivity index (χ0) is 17.2. The molecular formula is C19H32N4S. The average Bonchev–Trinajstić information content (AvgIpc) is 3.12. The highest BCUT2D eigenvalue weighted by Gasteiger charge is 2.15. The summed E-state index contributed by atoms with van der Waals surface area (Å²) in [5.74, 6) is 2.24. The van der Waals surface area contributed by atoms with Crippen LogP contribution in [0.15, 0.2) is 35.3 Å². The summed E-state index contributed by atoms with van der Waals surface area (Å²) < 4.78 is 0. The zero-order valence-electron chi connectivity index (χ0n) is 15.3. The predicted octanol–water partition coefficient (Wildman–Crippen LogP) is 2.96. The van der Waals surface area contributed by atoms with Gasteiger partial charge >= 0.3 is 0 Å². The molecule has 1 saturated heterocycles. The molecule has 1 aliphatic rings. The van der Waals surface area contributed by atoms with Crippen LogP contribution in [0.25, 0.3) is 0 Å². The largest absolute Gasteiger partial charge is 0.356 e. The van der Waals surface area contributed by atoms with Gasteiger partial charge in [0, 0.05) is 38.0 Å². The van der Waals surface area contributed by atoms with Crippen LogP contribution in [0.4, 0.5) is 0 Å². The van der Waals surface area contributed by atoms with Gasteiger partial charge in [0.25, 0.3) is 0 Å². The van der Waals surface area contributed by atoms with Gasteiger partial charge in [-0.2, -0.15) is 11.8 Å². The number of thioether (sulfide) groups is 1. The molecular weight excluding hydrogens is 316 g/mol. The molecule has 4 nitrogen and oxygen atoms in total. The molecule has 2 atom stereocenters. The van der Waals surface area contributed by atoms with Gasteiger partial charge in [-0.15, -0.1) is 0 Å². The third-order valence-corrected chi connectivity index (χ3v) is 6.02. The quantitative estimate of drug-likeness (QED) is 0.560. The molecule has 0 bridgehead atoms. The van der Waals surface area contributed by atoms with Crippen molar-refractivity contribution in [3.05, 3.63) is 35.9 Å². The summed E-state index contributed by atoms with van der Waals surface area (Å²) >= 11 is 2.08. The van der Waals surface area contributed by atoms with Crippen LogP contribution in [0.3, 0.4) is 0 Å². The highest BCUT2D eigenvalue weighted by Crippen LogP contribution is 2.25. The molecule has 1 aromatic rings. The van der Waals surface area contributed by atoms with E-state index in [0.717, 1.165) is 37.3 Å². The van der Waals surface area contributed by atoms with Crippen LogP contribution in [0, 0.1) is 0 Å². The molecule has 1 fully saturated rings. The maximum atomic E-state index is 4.33. The van der Waals surface area contributed by atoms with Crippen LogP contribution in [0.1, 0.15) is 31.7 Å². The van der Waals surface area contributed by atoms with Gasteiger partial charge in [-0.3, -0.25) is 9.89 Å². The minimum absolute atomic E-state index is 0.529. The Morgan fingerprint density at radius 2 is 2.12 bits per heavy atom. The first-order valence-electron chi connectivity index (χ1n) is 8.99. The first-order valence-corrected chi connectivity index (χ1v) is 10.0. The molecule has 2 N–H and O–H groups in total. The second-order valence-corrected chi connectivity index (χ2v) is 7.96. The molecule has 24 heavy (non-hydrogen) atoms. The van der Waals surface area contributed by atoms with Crippen molar-refractivity contribution in [2.75, 3.05) is 32.9 Å². The molecule has 0 aromatic heterocycles. The van der Waals surface area contributed by atoms with E-state index in [-0.39, 0.29) is 0 Å². The Hall–Kier alpha value is -1.20. The van der Waals surface area contributed by atoms with Crippen LogP contribution in [-0.2, 0) is 6.54 Å². The van der Waals surface area contributed by atoms with Crippen molar-refractivity contribution < 1.29 is 0 Å². The third-order valence-electron chi connectivity index (χ3n) is 4.63. The fourth-order valence-electron chi connectivity index (χ4n) is 2.88. The Balaban J connectivity index is 1.63. The van der Waals surface area contributed by atoms with Crippen molar-refractivity contribution in [3.63, 3.8) is 0 Å². The van der Waals surface area contributed by atoms with Crippen molar-refractivity contribution in [3.8, 4) is 0 Å². The van der Waals surface area contributed by atoms with Gasteiger partial charge in [-0.25, -0.2) is 0 Å². The summed E-state index contributed by atoms with van der Waals surface area (Å²) in [6, 6.07) is 11.2. The molecule has 0 amide bonds. The molecule has 0 radical (unpaired) electrons. The lowest BCUT2D eigenvalue weighted by Gasteiger charge is -2.25. The molecule has 0 spiro atoms. The van der Waals surface area contributed by atoms with E-state index >= 15 is 0 Å². The lowest BCUT2D eigenvalue weighted by atomic mass is 10.1. The van der Waals surface area contributed by atoms with Crippen LogP contribution in [-0.4, -0.2) is 55.1 Å². The zero-order valence-corrected chi connectivity index (χ0v) is 16.1. The Kier molecular flexibility index (Phi) is 8.47. The number of hydrogen-bond acceptors (Lipinski definition) is 3. The highest BCUT2D eigenvalue weighted by molar-refractivity contribution is 8.00. The Labute approximate surface area is 151 Å². The van der Waals surface area contributed by atoms with Gasteiger partial charge in [0.05, 0.1) is 0 Å². The molecule has 0 aliphatic carbocycles. The molecule has 1 aromatic carbocycles. The lowest BCUT2D eigenvalue weighted by Crippen LogP contribution is -2.42. The first-order chi connectivity index (χ1) is 11.7. The van der Waals surface area contributed by atoms with Gasteiger partial charge in [0.1, 0.15) is 0 Å². The van der Waals surface area contributed by atoms with E-state index in [4.69, 9.17) is 0 Å². The van der Waals surface area contributed by atoms with Crippen molar-refractivity contribution in [1.29, 1.82) is 0 Å². The number of rotatable bonds is 8. The van der Waals surface area contributed by atoms with E-state index in [9.17, 15) is 0 Å². The molecule has 0 saturated carbocycles. The van der Waals surface area contributed by atoms with Crippen LogP contribution in [0.5, 0.6) is 0 Å². The summed E-state index contributed by atoms with van der Waals surface area (Å²) in [5, 5.41) is 7.65. The Bertz CT molecular complexity index is 485. The van der Waals surface area contributed by atoms with Gasteiger partial charge in [-0.05, 0) is 44.6 Å². The Morgan fingerprint density at radius 3 is 2.79 bits per heavy atom. The van der Waals surface area contributed by atoms with E-state index in [1.165, 1.54) is 24.2 Å². The van der Waals surface area contributed by atoms with Gasteiger partial charge in [0.15, 0.2) is 5.96 Å². The number of benzene rings is 1. The molecule has 2 rings (SSSR count). The van der Waals surface area contributed by atoms with Crippen molar-refractivity contribution >= 4 is 17.7 Å². The van der Waals surface area contributed by atoms with Gasteiger partial charge in [-0.1, -0.05) is 30.3 Å². The normalized spacial score (nSPS) is 19.5. The number of nitrogens with zero attached hydrogens (tertiary/aromatic N) is 2. The standard InChI is InChI=1S/C19H32N4S/c1-16(23(3)15-17-8-5-4-6-9-17)11-12-21-19(20-2)22-14-18-10-7-13-24-18/h4-6,8-9,16,18H,7,10-15H2,1-3H3,(H2,20,21,22). The Morgan fingerprint density at radius 1 is 1.33 bits per heavy atom. The highest BCUT2D eigenvalue weighted by atomic mass is 32.2. The minimum Gasteiger partial charge on any atom is -0.356 e. The average molecular weight is 349 g/mol. The molecule has 5 heteroatoms. The number of aliphatic imine (C=N–C) groups is 1. The summed E-state index contributed by atoms with van der Waals surface area (Å²) in [7, 11) is 4.05. The molecule has 1 aliphatic heterocycles. The van der Waals surface area contributed by atoms with Gasteiger partial charge < -0.3 is 10.6 Å². The topological polar surface area (TPSA) is 39.7 Å². The van der Waals surface area contributed by atoms with Crippen molar-refractivity contribution in [2.45, 2.75) is 44.0 Å². The SMILES string of the molecule is CN=C(NCCC(C)N(C)Cc1ccccc1)NCC1CCCS1. The van der Waals surface area contributed by atoms with E-state index in [1.807, 2.05) is 7.05 Å². The second-order valence-electron chi connectivity index (χ2n) is 6.55. The summed E-state index contributed by atoms with van der Waals surface area (Å²) in [4.78, 5) is 6.74. The second kappa shape index (κ2) is 10.6. The maximum Gasteiger partial charge on any atom is 0.191 e. The van der Waals surface area contributed by atoms with Crippen LogP contribution < -0.4 is 10.6 Å². The van der Waals surface area contributed by atoms with Crippen LogP contribution >= 0.6 is 11.8 Å². The van der Waals surface area contributed by atoms with Crippen LogP contribution in [0.2, 0.25) is 0 Å². The monoisotopic (exact) mass is 348 g/mol. The lowest BCUT2D eigenvalue weighted by molar-refractivity contribution is 0.238. The van der Waals surface area contributed by atoms with Crippen molar-refractivity contribution in [2.24, 2.45) is 4.99 Å². The molecule has 2 unspecified atom stereocenters. The molecule has 1 heterocycles. The van der Waals surface area contributed by atoms with E-state index in [0.29, 0.717) is 6.04 Å². The summed E-state index contributed by atoms with van der Waals surface area (Å²) in [6.45, 7) is 5.25. The third kappa shape index (κ3) is 6.73. The van der Waals surface area contributed by atoms with Crippen molar-refractivity contribution in [1.82, 2.24) is 15.5 Å². The van der Waals surface area contributed by atoms with E-state index in [2.05, 4.69) is 76.6 Å². The minimum atomic E-state index is 0.529.